The maximum Gasteiger partial charge on any atom is 0.242 e. The molecule has 1 aromatic rings. The number of hydrogen-bond acceptors (Lipinski definition) is 4. The van der Waals surface area contributed by atoms with Crippen molar-refractivity contribution >= 4 is 11.7 Å². The summed E-state index contributed by atoms with van der Waals surface area (Å²) in [5.41, 5.74) is 0.757. The molecular weight excluding hydrogens is 230 g/mol. The van der Waals surface area contributed by atoms with Gasteiger partial charge >= 0.3 is 0 Å². The number of nitrogens with one attached hydrogen (secondary N) is 2. The molecule has 0 aliphatic carbocycles. The number of nitrogens with zero attached hydrogens (tertiary/aromatic N) is 1. The van der Waals surface area contributed by atoms with Crippen LogP contribution in [0.3, 0.4) is 0 Å². The predicted molar refractivity (Wildman–Crippen MR) is 69.5 cm³/mol. The van der Waals surface area contributed by atoms with Crippen LogP contribution in [0.15, 0.2) is 12.1 Å². The number of rotatable bonds is 2. The SMILES string of the molecule is Cc1ccc(O)c(NC(=O)C2CC(C)CCN2)n1. The van der Waals surface area contributed by atoms with Crippen LogP contribution in [-0.2, 0) is 4.79 Å². The number of aromatic hydroxyl groups is 1. The van der Waals surface area contributed by atoms with Gasteiger partial charge in [-0.1, -0.05) is 6.92 Å². The Morgan fingerprint density at radius 1 is 1.56 bits per heavy atom. The lowest BCUT2D eigenvalue weighted by Gasteiger charge is -2.27. The molecule has 0 radical (unpaired) electrons. The van der Waals surface area contributed by atoms with Crippen molar-refractivity contribution in [3.8, 4) is 5.75 Å². The van der Waals surface area contributed by atoms with E-state index in [0.717, 1.165) is 25.1 Å². The van der Waals surface area contributed by atoms with E-state index in [1.54, 1.807) is 6.07 Å². The Bertz CT molecular complexity index is 448. The molecule has 1 aromatic heterocycles. The highest BCUT2D eigenvalue weighted by atomic mass is 16.3. The fourth-order valence-electron chi connectivity index (χ4n) is 2.15. The summed E-state index contributed by atoms with van der Waals surface area (Å²) in [6.07, 6.45) is 1.91. The first kappa shape index (κ1) is 12.8. The average molecular weight is 249 g/mol. The number of piperidine rings is 1. The normalized spacial score (nSPS) is 23.7. The van der Waals surface area contributed by atoms with E-state index in [2.05, 4.69) is 22.5 Å². The average Bonchev–Trinajstić information content (AvgIpc) is 2.34. The monoisotopic (exact) mass is 249 g/mol. The Morgan fingerprint density at radius 3 is 3.06 bits per heavy atom. The highest BCUT2D eigenvalue weighted by Gasteiger charge is 2.25. The fraction of sp³-hybridized carbons (Fsp3) is 0.538. The minimum Gasteiger partial charge on any atom is -0.504 e. The van der Waals surface area contributed by atoms with E-state index in [1.807, 2.05) is 6.92 Å². The van der Waals surface area contributed by atoms with E-state index in [-0.39, 0.29) is 23.5 Å². The van der Waals surface area contributed by atoms with Gasteiger partial charge in [0, 0.05) is 5.69 Å². The van der Waals surface area contributed by atoms with Gasteiger partial charge in [-0.15, -0.1) is 0 Å². The minimum absolute atomic E-state index is 0.00203. The number of hydrogen-bond donors (Lipinski definition) is 3. The molecule has 0 aromatic carbocycles. The fourth-order valence-corrected chi connectivity index (χ4v) is 2.15. The number of carbonyl (C=O) groups excluding carboxylic acids is 1. The Labute approximate surface area is 107 Å². The summed E-state index contributed by atoms with van der Waals surface area (Å²) >= 11 is 0. The van der Waals surface area contributed by atoms with Crippen LogP contribution in [0.5, 0.6) is 5.75 Å². The van der Waals surface area contributed by atoms with Crippen molar-refractivity contribution in [3.63, 3.8) is 0 Å². The zero-order chi connectivity index (χ0) is 13.1. The Kier molecular flexibility index (Phi) is 3.81. The third-order valence-electron chi connectivity index (χ3n) is 3.24. The molecule has 0 saturated carbocycles. The lowest BCUT2D eigenvalue weighted by Crippen LogP contribution is -2.45. The van der Waals surface area contributed by atoms with Crippen molar-refractivity contribution < 1.29 is 9.90 Å². The van der Waals surface area contributed by atoms with E-state index >= 15 is 0 Å². The van der Waals surface area contributed by atoms with Gasteiger partial charge in [0.15, 0.2) is 11.6 Å². The smallest absolute Gasteiger partial charge is 0.242 e. The molecule has 98 valence electrons. The molecule has 2 rings (SSSR count). The topological polar surface area (TPSA) is 74.2 Å². The standard InChI is InChI=1S/C13H19N3O2/c1-8-5-6-14-10(7-8)13(18)16-12-11(17)4-3-9(2)15-12/h3-4,8,10,14,17H,5-7H2,1-2H3,(H,15,16,18). The van der Waals surface area contributed by atoms with E-state index < -0.39 is 0 Å². The van der Waals surface area contributed by atoms with Gasteiger partial charge in [0.2, 0.25) is 5.91 Å². The van der Waals surface area contributed by atoms with Crippen LogP contribution in [0, 0.1) is 12.8 Å². The molecule has 2 heterocycles. The molecule has 1 saturated heterocycles. The second-order valence-electron chi connectivity index (χ2n) is 4.95. The van der Waals surface area contributed by atoms with E-state index in [1.165, 1.54) is 6.07 Å². The zero-order valence-electron chi connectivity index (χ0n) is 10.7. The van der Waals surface area contributed by atoms with Crippen molar-refractivity contribution in [3.05, 3.63) is 17.8 Å². The number of carbonyl (C=O) groups is 1. The van der Waals surface area contributed by atoms with E-state index in [9.17, 15) is 9.90 Å². The molecule has 2 unspecified atom stereocenters. The number of aromatic nitrogens is 1. The van der Waals surface area contributed by atoms with Gasteiger partial charge in [0.25, 0.3) is 0 Å². The second kappa shape index (κ2) is 5.35. The Morgan fingerprint density at radius 2 is 2.33 bits per heavy atom. The maximum atomic E-state index is 12.1. The molecule has 2 atom stereocenters. The maximum absolute atomic E-state index is 12.1. The molecule has 5 nitrogen and oxygen atoms in total. The summed E-state index contributed by atoms with van der Waals surface area (Å²) in [6, 6.07) is 3.04. The van der Waals surface area contributed by atoms with Gasteiger partial charge in [-0.05, 0) is 44.4 Å². The molecule has 5 heteroatoms. The first-order valence-corrected chi connectivity index (χ1v) is 6.27. The first-order valence-electron chi connectivity index (χ1n) is 6.27. The van der Waals surface area contributed by atoms with Crippen molar-refractivity contribution in [1.82, 2.24) is 10.3 Å². The van der Waals surface area contributed by atoms with Crippen molar-refractivity contribution in [2.45, 2.75) is 32.7 Å². The van der Waals surface area contributed by atoms with Gasteiger partial charge in [-0.25, -0.2) is 4.98 Å². The Balaban J connectivity index is 2.04. The van der Waals surface area contributed by atoms with Crippen LogP contribution < -0.4 is 10.6 Å². The van der Waals surface area contributed by atoms with Crippen LogP contribution in [0.25, 0.3) is 0 Å². The quantitative estimate of drug-likeness (QED) is 0.741. The molecule has 3 N–H and O–H groups in total. The number of anilines is 1. The molecule has 1 amide bonds. The van der Waals surface area contributed by atoms with Crippen LogP contribution in [0.2, 0.25) is 0 Å². The minimum atomic E-state index is -0.199. The number of amides is 1. The van der Waals surface area contributed by atoms with Gasteiger partial charge < -0.3 is 15.7 Å². The Hall–Kier alpha value is -1.62. The number of pyridine rings is 1. The predicted octanol–water partition coefficient (Wildman–Crippen LogP) is 1.42. The summed E-state index contributed by atoms with van der Waals surface area (Å²) in [4.78, 5) is 16.2. The third-order valence-corrected chi connectivity index (χ3v) is 3.24. The van der Waals surface area contributed by atoms with Crippen molar-refractivity contribution in [2.75, 3.05) is 11.9 Å². The highest BCUT2D eigenvalue weighted by molar-refractivity contribution is 5.95. The molecule has 0 spiro atoms. The molecule has 1 aliphatic heterocycles. The molecule has 0 bridgehead atoms. The van der Waals surface area contributed by atoms with Crippen LogP contribution in [-0.4, -0.2) is 28.6 Å². The van der Waals surface area contributed by atoms with Gasteiger partial charge in [-0.3, -0.25) is 4.79 Å². The first-order chi connectivity index (χ1) is 8.56. The highest BCUT2D eigenvalue weighted by Crippen LogP contribution is 2.22. The second-order valence-corrected chi connectivity index (χ2v) is 4.95. The van der Waals surface area contributed by atoms with Gasteiger partial charge in [0.05, 0.1) is 6.04 Å². The lowest BCUT2D eigenvalue weighted by molar-refractivity contribution is -0.119. The summed E-state index contributed by atoms with van der Waals surface area (Å²) in [7, 11) is 0. The number of aryl methyl sites for hydroxylation is 1. The third kappa shape index (κ3) is 2.98. The summed E-state index contributed by atoms with van der Waals surface area (Å²) in [5, 5.41) is 15.5. The van der Waals surface area contributed by atoms with Crippen LogP contribution in [0.1, 0.15) is 25.5 Å². The molecule has 18 heavy (non-hydrogen) atoms. The van der Waals surface area contributed by atoms with Gasteiger partial charge in [-0.2, -0.15) is 0 Å². The zero-order valence-corrected chi connectivity index (χ0v) is 10.7. The van der Waals surface area contributed by atoms with Crippen LogP contribution in [0.4, 0.5) is 5.82 Å². The summed E-state index contributed by atoms with van der Waals surface area (Å²) in [5.74, 6) is 0.647. The summed E-state index contributed by atoms with van der Waals surface area (Å²) in [6.45, 7) is 4.81. The van der Waals surface area contributed by atoms with Crippen molar-refractivity contribution in [1.29, 1.82) is 0 Å². The summed E-state index contributed by atoms with van der Waals surface area (Å²) < 4.78 is 0. The molecule has 1 fully saturated rings. The van der Waals surface area contributed by atoms with Crippen LogP contribution >= 0.6 is 0 Å². The van der Waals surface area contributed by atoms with Crippen molar-refractivity contribution in [2.24, 2.45) is 5.92 Å². The molecule has 1 aliphatic rings. The largest absolute Gasteiger partial charge is 0.504 e. The molecular formula is C13H19N3O2. The van der Waals surface area contributed by atoms with E-state index in [0.29, 0.717) is 5.92 Å². The van der Waals surface area contributed by atoms with E-state index in [4.69, 9.17) is 0 Å². The lowest BCUT2D eigenvalue weighted by atomic mass is 9.94. The van der Waals surface area contributed by atoms with Gasteiger partial charge in [0.1, 0.15) is 0 Å².